The Bertz CT molecular complexity index is 598. The molecule has 2 heterocycles. The predicted octanol–water partition coefficient (Wildman–Crippen LogP) is 3.90. The third-order valence-corrected chi connectivity index (χ3v) is 4.15. The van der Waals surface area contributed by atoms with E-state index in [0.29, 0.717) is 13.2 Å². The van der Waals surface area contributed by atoms with Crippen LogP contribution in [0.15, 0.2) is 39.6 Å². The van der Waals surface area contributed by atoms with Crippen LogP contribution in [0.3, 0.4) is 0 Å². The van der Waals surface area contributed by atoms with Crippen molar-refractivity contribution in [2.75, 3.05) is 19.8 Å². The number of nitrogens with one attached hydrogen (secondary N) is 1. The van der Waals surface area contributed by atoms with Crippen LogP contribution in [0.25, 0.3) is 0 Å². The van der Waals surface area contributed by atoms with Gasteiger partial charge >= 0.3 is 0 Å². The zero-order valence-corrected chi connectivity index (χ0v) is 13.5. The topological polar surface area (TPSA) is 43.6 Å². The maximum Gasteiger partial charge on any atom is 0.162 e. The minimum Gasteiger partial charge on any atom is -0.490 e. The van der Waals surface area contributed by atoms with E-state index in [-0.39, 0.29) is 6.04 Å². The van der Waals surface area contributed by atoms with E-state index in [4.69, 9.17) is 13.9 Å². The first-order valence-electron chi connectivity index (χ1n) is 7.14. The average molecular weight is 352 g/mol. The van der Waals surface area contributed by atoms with Crippen LogP contribution in [0.5, 0.6) is 11.5 Å². The van der Waals surface area contributed by atoms with E-state index < -0.39 is 0 Å². The highest BCUT2D eigenvalue weighted by Gasteiger charge is 2.21. The molecule has 112 valence electrons. The molecule has 2 aromatic rings. The summed E-state index contributed by atoms with van der Waals surface area (Å²) in [5.41, 5.74) is 2.20. The zero-order valence-electron chi connectivity index (χ0n) is 11.9. The molecule has 0 radical (unpaired) electrons. The van der Waals surface area contributed by atoms with Gasteiger partial charge in [0.25, 0.3) is 0 Å². The van der Waals surface area contributed by atoms with E-state index in [9.17, 15) is 0 Å². The molecule has 1 atom stereocenters. The molecule has 1 unspecified atom stereocenters. The minimum absolute atomic E-state index is 0.0558. The molecule has 1 aromatic carbocycles. The molecular weight excluding hydrogens is 334 g/mol. The SMILES string of the molecule is CCNC(c1ccoc1)c1cc2c(cc1Br)OCCCO2. The van der Waals surface area contributed by atoms with Gasteiger partial charge in [-0.3, -0.25) is 0 Å². The van der Waals surface area contributed by atoms with Crippen molar-refractivity contribution in [2.24, 2.45) is 0 Å². The van der Waals surface area contributed by atoms with Gasteiger partial charge in [0, 0.05) is 16.5 Å². The molecule has 0 amide bonds. The Hall–Kier alpha value is -1.46. The lowest BCUT2D eigenvalue weighted by molar-refractivity contribution is 0.297. The number of benzene rings is 1. The van der Waals surface area contributed by atoms with Crippen molar-refractivity contribution in [1.29, 1.82) is 0 Å². The second-order valence-electron chi connectivity index (χ2n) is 4.92. The zero-order chi connectivity index (χ0) is 14.7. The van der Waals surface area contributed by atoms with Crippen LogP contribution in [0.4, 0.5) is 0 Å². The summed E-state index contributed by atoms with van der Waals surface area (Å²) in [6.07, 6.45) is 4.36. The molecule has 0 fully saturated rings. The lowest BCUT2D eigenvalue weighted by Crippen LogP contribution is -2.22. The summed E-state index contributed by atoms with van der Waals surface area (Å²) in [7, 11) is 0. The van der Waals surface area contributed by atoms with Gasteiger partial charge in [0.15, 0.2) is 11.5 Å². The van der Waals surface area contributed by atoms with Gasteiger partial charge in [-0.1, -0.05) is 22.9 Å². The van der Waals surface area contributed by atoms with Gasteiger partial charge in [-0.25, -0.2) is 0 Å². The lowest BCUT2D eigenvalue weighted by Gasteiger charge is -2.20. The van der Waals surface area contributed by atoms with Gasteiger partial charge in [0.2, 0.25) is 0 Å². The van der Waals surface area contributed by atoms with Crippen LogP contribution >= 0.6 is 15.9 Å². The van der Waals surface area contributed by atoms with Gasteiger partial charge in [0.1, 0.15) is 0 Å². The summed E-state index contributed by atoms with van der Waals surface area (Å²) in [4.78, 5) is 0. The maximum atomic E-state index is 5.79. The monoisotopic (exact) mass is 351 g/mol. The Balaban J connectivity index is 2.01. The summed E-state index contributed by atoms with van der Waals surface area (Å²) in [5.74, 6) is 1.60. The average Bonchev–Trinajstić information content (AvgIpc) is 2.91. The number of fused-ring (bicyclic) bond motifs is 1. The summed E-state index contributed by atoms with van der Waals surface area (Å²) in [5, 5.41) is 3.48. The maximum absolute atomic E-state index is 5.79. The van der Waals surface area contributed by atoms with Crippen LogP contribution in [-0.4, -0.2) is 19.8 Å². The van der Waals surface area contributed by atoms with Crippen molar-refractivity contribution in [2.45, 2.75) is 19.4 Å². The van der Waals surface area contributed by atoms with Crippen molar-refractivity contribution in [3.05, 3.63) is 46.3 Å². The summed E-state index contributed by atoms with van der Waals surface area (Å²) in [6.45, 7) is 4.32. The Morgan fingerprint density at radius 1 is 1.24 bits per heavy atom. The molecule has 5 heteroatoms. The smallest absolute Gasteiger partial charge is 0.162 e. The van der Waals surface area contributed by atoms with E-state index in [1.807, 2.05) is 18.2 Å². The normalized spacial score (nSPS) is 15.5. The Morgan fingerprint density at radius 3 is 2.67 bits per heavy atom. The van der Waals surface area contributed by atoms with Gasteiger partial charge in [-0.2, -0.15) is 0 Å². The number of hydrogen-bond acceptors (Lipinski definition) is 4. The highest BCUT2D eigenvalue weighted by atomic mass is 79.9. The van der Waals surface area contributed by atoms with Gasteiger partial charge in [0.05, 0.1) is 31.8 Å². The number of hydrogen-bond donors (Lipinski definition) is 1. The fraction of sp³-hybridized carbons (Fsp3) is 0.375. The van der Waals surface area contributed by atoms with Crippen LogP contribution in [0.2, 0.25) is 0 Å². The first kappa shape index (κ1) is 14.5. The highest BCUT2D eigenvalue weighted by Crippen LogP contribution is 2.39. The van der Waals surface area contributed by atoms with Crippen LogP contribution < -0.4 is 14.8 Å². The van der Waals surface area contributed by atoms with Crippen molar-refractivity contribution in [3.8, 4) is 11.5 Å². The molecule has 0 aliphatic carbocycles. The third-order valence-electron chi connectivity index (χ3n) is 3.46. The highest BCUT2D eigenvalue weighted by molar-refractivity contribution is 9.10. The van der Waals surface area contributed by atoms with Gasteiger partial charge < -0.3 is 19.2 Å². The van der Waals surface area contributed by atoms with E-state index >= 15 is 0 Å². The lowest BCUT2D eigenvalue weighted by atomic mass is 10.0. The number of rotatable bonds is 4. The van der Waals surface area contributed by atoms with Crippen molar-refractivity contribution in [1.82, 2.24) is 5.32 Å². The summed E-state index contributed by atoms with van der Waals surface area (Å²) < 4.78 is 17.7. The Labute approximate surface area is 132 Å². The summed E-state index contributed by atoms with van der Waals surface area (Å²) in [6, 6.07) is 6.06. The minimum atomic E-state index is 0.0558. The molecule has 1 N–H and O–H groups in total. The second kappa shape index (κ2) is 6.54. The molecule has 1 aliphatic rings. The Morgan fingerprint density at radius 2 is 2.00 bits per heavy atom. The molecular formula is C16H18BrNO3. The first-order chi connectivity index (χ1) is 10.3. The van der Waals surface area contributed by atoms with Gasteiger partial charge in [-0.15, -0.1) is 0 Å². The molecule has 0 saturated heterocycles. The molecule has 3 rings (SSSR count). The van der Waals surface area contributed by atoms with Crippen molar-refractivity contribution < 1.29 is 13.9 Å². The van der Waals surface area contributed by atoms with E-state index in [1.165, 1.54) is 0 Å². The molecule has 0 spiro atoms. The first-order valence-corrected chi connectivity index (χ1v) is 7.93. The van der Waals surface area contributed by atoms with E-state index in [0.717, 1.165) is 40.1 Å². The standard InChI is InChI=1S/C16H18BrNO3/c1-2-18-16(11-4-7-19-10-11)12-8-14-15(9-13(12)17)21-6-3-5-20-14/h4,7-10,16,18H,2-3,5-6H2,1H3. The van der Waals surface area contributed by atoms with Crippen LogP contribution in [0, 0.1) is 0 Å². The quantitative estimate of drug-likeness (QED) is 0.906. The molecule has 0 bridgehead atoms. The van der Waals surface area contributed by atoms with Crippen LogP contribution in [-0.2, 0) is 0 Å². The van der Waals surface area contributed by atoms with Crippen molar-refractivity contribution >= 4 is 15.9 Å². The largest absolute Gasteiger partial charge is 0.490 e. The predicted molar refractivity (Wildman–Crippen MR) is 84.0 cm³/mol. The molecule has 1 aromatic heterocycles. The second-order valence-corrected chi connectivity index (χ2v) is 5.77. The fourth-order valence-electron chi connectivity index (χ4n) is 2.47. The molecule has 21 heavy (non-hydrogen) atoms. The fourth-order valence-corrected chi connectivity index (χ4v) is 3.02. The molecule has 0 saturated carbocycles. The number of ether oxygens (including phenoxy) is 2. The van der Waals surface area contributed by atoms with E-state index in [2.05, 4.69) is 28.2 Å². The number of furan rings is 1. The molecule has 1 aliphatic heterocycles. The van der Waals surface area contributed by atoms with E-state index in [1.54, 1.807) is 12.5 Å². The summed E-state index contributed by atoms with van der Waals surface area (Å²) >= 11 is 3.65. The van der Waals surface area contributed by atoms with Crippen LogP contribution in [0.1, 0.15) is 30.5 Å². The third kappa shape index (κ3) is 3.09. The molecule has 4 nitrogen and oxygen atoms in total. The van der Waals surface area contributed by atoms with Crippen molar-refractivity contribution in [3.63, 3.8) is 0 Å². The Kier molecular flexibility index (Phi) is 4.51. The number of halogens is 1. The van der Waals surface area contributed by atoms with Gasteiger partial charge in [-0.05, 0) is 30.3 Å².